The molecular formula is C65H37N5OS. The Morgan fingerprint density at radius 2 is 0.875 bits per heavy atom. The zero-order valence-corrected chi connectivity index (χ0v) is 39.2. The van der Waals surface area contributed by atoms with Crippen LogP contribution in [0, 0.1) is 0 Å². The first-order chi connectivity index (χ1) is 35.7. The quantitative estimate of drug-likeness (QED) is 0.172. The van der Waals surface area contributed by atoms with E-state index in [4.69, 9.17) is 19.4 Å². The van der Waals surface area contributed by atoms with Crippen LogP contribution in [0.4, 0.5) is 0 Å². The Morgan fingerprint density at radius 1 is 0.333 bits per heavy atom. The van der Waals surface area contributed by atoms with Crippen molar-refractivity contribution in [2.45, 2.75) is 0 Å². The number of hydrogen-bond donors (Lipinski definition) is 0. The summed E-state index contributed by atoms with van der Waals surface area (Å²) in [4.78, 5) is 16.9. The molecule has 0 saturated carbocycles. The molecule has 72 heavy (non-hydrogen) atoms. The van der Waals surface area contributed by atoms with Crippen LogP contribution in [0.15, 0.2) is 229 Å². The minimum Gasteiger partial charge on any atom is -0.454 e. The molecule has 6 nitrogen and oxygen atoms in total. The Morgan fingerprint density at radius 3 is 1.60 bits per heavy atom. The molecule has 0 atom stereocenters. The van der Waals surface area contributed by atoms with Crippen LogP contribution < -0.4 is 0 Å². The standard InChI is InChI=1S/C65H37N5OS/c1-2-20-42(21-3-1)69-52-27-11-8-23-45(52)59-47(25-14-28-53(59)69)63-66-64(48-26-15-31-58-60(48)46-24-10-13-30-57(46)72-58)68-65(67-63)49-33-32-44-43-22-9-12-29-56(43)71-62(44)61(49)70-54-36-40-18-6-4-16-38(40)34-50(54)51-35-39-17-5-7-19-41(39)37-55(51)70/h1-37H. The number of benzene rings is 11. The Labute approximate surface area is 414 Å². The number of thiophene rings is 1. The summed E-state index contributed by atoms with van der Waals surface area (Å²) in [6, 6.07) is 80.2. The highest BCUT2D eigenvalue weighted by Crippen LogP contribution is 2.46. The molecular weight excluding hydrogens is 899 g/mol. The summed E-state index contributed by atoms with van der Waals surface area (Å²) in [6.07, 6.45) is 0. The fraction of sp³-hybridized carbons (Fsp3) is 0. The first kappa shape index (κ1) is 39.4. The summed E-state index contributed by atoms with van der Waals surface area (Å²) in [5.41, 5.74) is 10.6. The summed E-state index contributed by atoms with van der Waals surface area (Å²) < 4.78 is 14.3. The van der Waals surface area contributed by atoms with Gasteiger partial charge in [-0.2, -0.15) is 0 Å². The average Bonchev–Trinajstić information content (AvgIpc) is 4.19. The first-order valence-corrected chi connectivity index (χ1v) is 25.1. The lowest BCUT2D eigenvalue weighted by Crippen LogP contribution is -2.04. The van der Waals surface area contributed by atoms with E-state index in [1.54, 1.807) is 11.3 Å². The highest BCUT2D eigenvalue weighted by molar-refractivity contribution is 7.25. The second kappa shape index (κ2) is 15.0. The van der Waals surface area contributed by atoms with Crippen LogP contribution in [-0.2, 0) is 0 Å². The van der Waals surface area contributed by atoms with E-state index in [0.717, 1.165) is 110 Å². The van der Waals surface area contributed by atoms with Crippen molar-refractivity contribution in [2.24, 2.45) is 0 Å². The lowest BCUT2D eigenvalue weighted by molar-refractivity contribution is 0.666. The van der Waals surface area contributed by atoms with Crippen LogP contribution in [0.3, 0.4) is 0 Å². The molecule has 0 aliphatic carbocycles. The van der Waals surface area contributed by atoms with Crippen molar-refractivity contribution in [1.29, 1.82) is 0 Å². The molecule has 16 aromatic rings. The number of furan rings is 1. The summed E-state index contributed by atoms with van der Waals surface area (Å²) in [5, 5.41) is 13.6. The van der Waals surface area contributed by atoms with Crippen molar-refractivity contribution in [3.8, 4) is 45.5 Å². The van der Waals surface area contributed by atoms with Crippen molar-refractivity contribution in [1.82, 2.24) is 24.1 Å². The molecule has 5 aromatic heterocycles. The normalized spacial score (nSPS) is 12.2. The number of para-hydroxylation sites is 3. The molecule has 11 aromatic carbocycles. The van der Waals surface area contributed by atoms with Crippen molar-refractivity contribution in [3.63, 3.8) is 0 Å². The SMILES string of the molecule is c1ccc(-n2c3ccccc3c3c(-c4nc(-c5ccc6c(oc7ccccc76)c5-n5c6cc7ccccc7cc6c6cc7ccccc7cc65)nc(-c5cccc6sc7ccccc7c56)n4)cccc32)cc1. The lowest BCUT2D eigenvalue weighted by Gasteiger charge is -2.16. The van der Waals surface area contributed by atoms with Gasteiger partial charge in [0.2, 0.25) is 0 Å². The van der Waals surface area contributed by atoms with Gasteiger partial charge in [-0.15, -0.1) is 11.3 Å². The average molecular weight is 936 g/mol. The molecule has 0 fully saturated rings. The van der Waals surface area contributed by atoms with Gasteiger partial charge in [0.25, 0.3) is 0 Å². The van der Waals surface area contributed by atoms with Crippen molar-refractivity contribution in [3.05, 3.63) is 224 Å². The van der Waals surface area contributed by atoms with Crippen LogP contribution in [0.1, 0.15) is 0 Å². The Kier molecular flexibility index (Phi) is 8.23. The minimum atomic E-state index is 0.546. The molecule has 0 spiro atoms. The number of hydrogen-bond acceptors (Lipinski definition) is 5. The van der Waals surface area contributed by atoms with Crippen LogP contribution in [0.25, 0.3) is 153 Å². The Bertz CT molecular complexity index is 4850. The van der Waals surface area contributed by atoms with E-state index in [-0.39, 0.29) is 0 Å². The molecule has 7 heteroatoms. The third-order valence-electron chi connectivity index (χ3n) is 14.7. The maximum absolute atomic E-state index is 7.12. The first-order valence-electron chi connectivity index (χ1n) is 24.3. The van der Waals surface area contributed by atoms with Crippen LogP contribution in [0.2, 0.25) is 0 Å². The number of aromatic nitrogens is 5. The molecule has 5 heterocycles. The number of rotatable bonds is 5. The predicted octanol–water partition coefficient (Wildman–Crippen LogP) is 17.6. The van der Waals surface area contributed by atoms with E-state index in [2.05, 4.69) is 228 Å². The van der Waals surface area contributed by atoms with Crippen LogP contribution >= 0.6 is 11.3 Å². The fourth-order valence-corrected chi connectivity index (χ4v) is 12.7. The minimum absolute atomic E-state index is 0.546. The smallest absolute Gasteiger partial charge is 0.166 e. The number of nitrogens with zero attached hydrogens (tertiary/aromatic N) is 5. The third kappa shape index (κ3) is 5.68. The monoisotopic (exact) mass is 935 g/mol. The van der Waals surface area contributed by atoms with Gasteiger partial charge in [0.1, 0.15) is 11.3 Å². The molecule has 0 saturated heterocycles. The van der Waals surface area contributed by atoms with Crippen LogP contribution in [0.5, 0.6) is 0 Å². The molecule has 334 valence electrons. The molecule has 0 N–H and O–H groups in total. The highest BCUT2D eigenvalue weighted by Gasteiger charge is 2.27. The van der Waals surface area contributed by atoms with Gasteiger partial charge in [0, 0.05) is 74.9 Å². The van der Waals surface area contributed by atoms with Gasteiger partial charge < -0.3 is 13.6 Å². The molecule has 0 amide bonds. The fourth-order valence-electron chi connectivity index (χ4n) is 11.6. The van der Waals surface area contributed by atoms with Gasteiger partial charge in [0.15, 0.2) is 23.1 Å². The molecule has 0 aliphatic heterocycles. The van der Waals surface area contributed by atoms with E-state index in [0.29, 0.717) is 17.5 Å². The summed E-state index contributed by atoms with van der Waals surface area (Å²) in [5.74, 6) is 1.73. The van der Waals surface area contributed by atoms with Crippen molar-refractivity contribution < 1.29 is 4.42 Å². The Hall–Kier alpha value is -9.43. The van der Waals surface area contributed by atoms with Gasteiger partial charge in [-0.05, 0) is 100 Å². The van der Waals surface area contributed by atoms with Gasteiger partial charge in [0.05, 0.1) is 22.1 Å². The molecule has 0 bridgehead atoms. The topological polar surface area (TPSA) is 61.7 Å². The molecule has 0 unspecified atom stereocenters. The van der Waals surface area contributed by atoms with Crippen molar-refractivity contribution >= 4 is 119 Å². The van der Waals surface area contributed by atoms with E-state index in [1.807, 2.05) is 6.07 Å². The third-order valence-corrected chi connectivity index (χ3v) is 15.9. The summed E-state index contributed by atoms with van der Waals surface area (Å²) >= 11 is 1.79. The largest absolute Gasteiger partial charge is 0.454 e. The van der Waals surface area contributed by atoms with Gasteiger partial charge in [-0.25, -0.2) is 15.0 Å². The molecule has 16 rings (SSSR count). The molecule has 0 aliphatic rings. The van der Waals surface area contributed by atoms with Gasteiger partial charge >= 0.3 is 0 Å². The summed E-state index contributed by atoms with van der Waals surface area (Å²) in [7, 11) is 0. The maximum atomic E-state index is 7.12. The maximum Gasteiger partial charge on any atom is 0.166 e. The predicted molar refractivity (Wildman–Crippen MR) is 300 cm³/mol. The zero-order chi connectivity index (χ0) is 47.0. The van der Waals surface area contributed by atoms with E-state index < -0.39 is 0 Å². The number of fused-ring (bicyclic) bond motifs is 14. The van der Waals surface area contributed by atoms with Crippen molar-refractivity contribution in [2.75, 3.05) is 0 Å². The van der Waals surface area contributed by atoms with E-state index >= 15 is 0 Å². The Balaban J connectivity index is 1.07. The molecule has 0 radical (unpaired) electrons. The van der Waals surface area contributed by atoms with E-state index in [1.165, 1.54) is 25.6 Å². The zero-order valence-electron chi connectivity index (χ0n) is 38.4. The van der Waals surface area contributed by atoms with Crippen LogP contribution in [-0.4, -0.2) is 24.1 Å². The second-order valence-corrected chi connectivity index (χ2v) is 19.8. The van der Waals surface area contributed by atoms with Gasteiger partial charge in [-0.1, -0.05) is 146 Å². The lowest BCUT2D eigenvalue weighted by atomic mass is 10.0. The van der Waals surface area contributed by atoms with E-state index in [9.17, 15) is 0 Å². The summed E-state index contributed by atoms with van der Waals surface area (Å²) in [6.45, 7) is 0. The second-order valence-electron chi connectivity index (χ2n) is 18.7. The van der Waals surface area contributed by atoms with Gasteiger partial charge in [-0.3, -0.25) is 0 Å². The highest BCUT2D eigenvalue weighted by atomic mass is 32.1.